The van der Waals surface area contributed by atoms with E-state index >= 15 is 0 Å². The van der Waals surface area contributed by atoms with Crippen LogP contribution in [0.4, 0.5) is 5.69 Å². The fourth-order valence-electron chi connectivity index (χ4n) is 4.24. The minimum absolute atomic E-state index is 0.0411. The number of nitrogens with zero attached hydrogens (tertiary/aromatic N) is 3. The van der Waals surface area contributed by atoms with Crippen LogP contribution in [0.2, 0.25) is 0 Å². The van der Waals surface area contributed by atoms with Gasteiger partial charge in [0.05, 0.1) is 21.8 Å². The van der Waals surface area contributed by atoms with Crippen molar-refractivity contribution < 1.29 is 14.8 Å². The van der Waals surface area contributed by atoms with Gasteiger partial charge in [0.25, 0.3) is 5.69 Å². The molecule has 0 saturated heterocycles. The number of Topliss-reactive ketones (excluding diaryl/α,β-unsaturated/α-hetero) is 1. The molecule has 0 aromatic heterocycles. The fraction of sp³-hybridized carbons (Fsp3) is 0.0800. The topological polar surface area (TPSA) is 105 Å². The van der Waals surface area contributed by atoms with Crippen molar-refractivity contribution in [3.8, 4) is 0 Å². The van der Waals surface area contributed by atoms with Crippen molar-refractivity contribution in [3.63, 3.8) is 0 Å². The van der Waals surface area contributed by atoms with Gasteiger partial charge in [0.2, 0.25) is 0 Å². The molecule has 1 aliphatic heterocycles. The van der Waals surface area contributed by atoms with E-state index in [2.05, 4.69) is 10.2 Å². The highest BCUT2D eigenvalue weighted by Gasteiger charge is 2.37. The van der Waals surface area contributed by atoms with Crippen LogP contribution in [0.3, 0.4) is 0 Å². The molecule has 1 N–H and O–H groups in total. The Hall–Kier alpha value is -4.39. The largest absolute Gasteiger partial charge is 0.506 e. The normalized spacial score (nSPS) is 19.6. The Morgan fingerprint density at radius 2 is 1.53 bits per heavy atom. The zero-order valence-electron chi connectivity index (χ0n) is 16.8. The minimum Gasteiger partial charge on any atom is -0.506 e. The second kappa shape index (κ2) is 7.70. The van der Waals surface area contributed by atoms with Gasteiger partial charge in [-0.05, 0) is 17.7 Å². The Morgan fingerprint density at radius 3 is 2.25 bits per heavy atom. The number of hydrogen-bond donors (Lipinski definition) is 1. The number of hydrogen-bond acceptors (Lipinski definition) is 6. The van der Waals surface area contributed by atoms with Crippen LogP contribution >= 0.6 is 0 Å². The number of ketones is 1. The third-order valence-electron chi connectivity index (χ3n) is 5.75. The summed E-state index contributed by atoms with van der Waals surface area (Å²) in [6.07, 6.45) is 1.76. The lowest BCUT2D eigenvalue weighted by Gasteiger charge is -2.25. The summed E-state index contributed by atoms with van der Waals surface area (Å²) in [5, 5.41) is 31.0. The summed E-state index contributed by atoms with van der Waals surface area (Å²) in [5.74, 6) is -0.868. The molecule has 32 heavy (non-hydrogen) atoms. The lowest BCUT2D eigenvalue weighted by Crippen LogP contribution is -2.14. The molecule has 0 amide bonds. The van der Waals surface area contributed by atoms with Crippen molar-refractivity contribution >= 4 is 17.2 Å². The SMILES string of the molecule is O=C1C(C2=C[C@H](c3ccccc3)[C@@H](c3ccccc3[N+](=O)[O-])N=N2)=C(O)c2ccccc21. The van der Waals surface area contributed by atoms with Crippen LogP contribution < -0.4 is 0 Å². The first-order chi connectivity index (χ1) is 15.6. The number of para-hydroxylation sites is 1. The molecule has 1 heterocycles. The molecule has 3 aromatic carbocycles. The maximum atomic E-state index is 13.0. The van der Waals surface area contributed by atoms with Gasteiger partial charge in [0.15, 0.2) is 5.78 Å². The van der Waals surface area contributed by atoms with Crippen LogP contribution in [0.25, 0.3) is 5.76 Å². The Balaban J connectivity index is 1.64. The third-order valence-corrected chi connectivity index (χ3v) is 5.75. The Bertz CT molecular complexity index is 1340. The van der Waals surface area contributed by atoms with Crippen LogP contribution in [-0.2, 0) is 0 Å². The van der Waals surface area contributed by atoms with E-state index in [0.717, 1.165) is 5.56 Å². The number of aliphatic hydroxyl groups is 1. The maximum absolute atomic E-state index is 13.0. The first kappa shape index (κ1) is 19.6. The molecule has 7 nitrogen and oxygen atoms in total. The molecule has 0 spiro atoms. The summed E-state index contributed by atoms with van der Waals surface area (Å²) in [5.41, 5.74) is 2.48. The monoisotopic (exact) mass is 423 g/mol. The van der Waals surface area contributed by atoms with Crippen molar-refractivity contribution in [2.24, 2.45) is 10.2 Å². The van der Waals surface area contributed by atoms with Gasteiger partial charge >= 0.3 is 0 Å². The Kier molecular flexibility index (Phi) is 4.71. The summed E-state index contributed by atoms with van der Waals surface area (Å²) >= 11 is 0. The zero-order chi connectivity index (χ0) is 22.2. The lowest BCUT2D eigenvalue weighted by molar-refractivity contribution is -0.385. The maximum Gasteiger partial charge on any atom is 0.274 e. The van der Waals surface area contributed by atoms with Crippen molar-refractivity contribution in [1.82, 2.24) is 0 Å². The van der Waals surface area contributed by atoms with Gasteiger partial charge < -0.3 is 5.11 Å². The van der Waals surface area contributed by atoms with Crippen molar-refractivity contribution in [2.75, 3.05) is 0 Å². The summed E-state index contributed by atoms with van der Waals surface area (Å²) in [6, 6.07) is 22.1. The molecular formula is C25H17N3O4. The molecule has 1 aliphatic carbocycles. The summed E-state index contributed by atoms with van der Waals surface area (Å²) in [4.78, 5) is 24.2. The van der Waals surface area contributed by atoms with Crippen LogP contribution in [0.1, 0.15) is 39.0 Å². The van der Waals surface area contributed by atoms with Crippen molar-refractivity contribution in [1.29, 1.82) is 0 Å². The van der Waals surface area contributed by atoms with E-state index in [1.165, 1.54) is 6.07 Å². The fourth-order valence-corrected chi connectivity index (χ4v) is 4.24. The number of fused-ring (bicyclic) bond motifs is 1. The van der Waals surface area contributed by atoms with Gasteiger partial charge in [-0.15, -0.1) is 0 Å². The summed E-state index contributed by atoms with van der Waals surface area (Å²) in [6.45, 7) is 0. The molecule has 0 unspecified atom stereocenters. The first-order valence-corrected chi connectivity index (χ1v) is 10.0. The van der Waals surface area contributed by atoms with Gasteiger partial charge in [-0.25, -0.2) is 0 Å². The van der Waals surface area contributed by atoms with Crippen molar-refractivity contribution in [2.45, 2.75) is 12.0 Å². The smallest absolute Gasteiger partial charge is 0.274 e. The molecular weight excluding hydrogens is 406 g/mol. The van der Waals surface area contributed by atoms with Crippen LogP contribution in [0.15, 0.2) is 106 Å². The molecule has 0 fully saturated rings. The standard InChI is InChI=1S/C25H17N3O4/c29-24-16-10-4-5-11-17(16)25(30)22(24)20-14-19(15-8-2-1-3-9-15)23(27-26-20)18-12-6-7-13-21(18)28(31)32/h1-14,19,23,29H/t19-,23-/m1/s1. The number of allylic oxidation sites excluding steroid dienone is 1. The number of benzene rings is 3. The number of carbonyl (C=O) groups is 1. The van der Waals surface area contributed by atoms with Crippen molar-refractivity contribution in [3.05, 3.63) is 129 Å². The molecule has 7 heteroatoms. The Labute approximate surface area is 183 Å². The highest BCUT2D eigenvalue weighted by atomic mass is 16.6. The van der Waals surface area contributed by atoms with Gasteiger partial charge in [0.1, 0.15) is 11.8 Å². The van der Waals surface area contributed by atoms with E-state index in [9.17, 15) is 20.0 Å². The average Bonchev–Trinajstić information content (AvgIpc) is 3.09. The van der Waals surface area contributed by atoms with Crippen LogP contribution in [0, 0.1) is 10.1 Å². The van der Waals surface area contributed by atoms with Gasteiger partial charge in [-0.3, -0.25) is 14.9 Å². The third kappa shape index (κ3) is 3.11. The van der Waals surface area contributed by atoms with E-state index in [4.69, 9.17) is 0 Å². The number of nitro groups is 1. The minimum atomic E-state index is -0.649. The van der Waals surface area contributed by atoms with E-state index in [1.54, 1.807) is 48.5 Å². The van der Waals surface area contributed by atoms with Gasteiger partial charge in [0, 0.05) is 23.1 Å². The summed E-state index contributed by atoms with van der Waals surface area (Å²) < 4.78 is 0. The number of nitro benzene ring substituents is 1. The zero-order valence-corrected chi connectivity index (χ0v) is 16.8. The van der Waals surface area contributed by atoms with E-state index in [0.29, 0.717) is 16.7 Å². The molecule has 0 saturated carbocycles. The molecule has 0 bridgehead atoms. The van der Waals surface area contributed by atoms with Gasteiger partial charge in [-0.2, -0.15) is 10.2 Å². The Morgan fingerprint density at radius 1 is 0.875 bits per heavy atom. The number of carbonyl (C=O) groups excluding carboxylic acids is 1. The highest BCUT2D eigenvalue weighted by Crippen LogP contribution is 2.45. The second-order valence-electron chi connectivity index (χ2n) is 7.56. The van der Waals surface area contributed by atoms with E-state index in [-0.39, 0.29) is 28.5 Å². The molecule has 0 radical (unpaired) electrons. The van der Waals surface area contributed by atoms with E-state index < -0.39 is 16.9 Å². The lowest BCUT2D eigenvalue weighted by atomic mass is 9.84. The van der Waals surface area contributed by atoms with E-state index in [1.807, 2.05) is 30.3 Å². The quantitative estimate of drug-likeness (QED) is 0.414. The predicted octanol–water partition coefficient (Wildman–Crippen LogP) is 5.94. The second-order valence-corrected chi connectivity index (χ2v) is 7.56. The molecule has 2 aliphatic rings. The number of rotatable bonds is 4. The molecule has 2 atom stereocenters. The first-order valence-electron chi connectivity index (χ1n) is 10.0. The molecule has 156 valence electrons. The van der Waals surface area contributed by atoms with Crippen LogP contribution in [0.5, 0.6) is 0 Å². The number of azo groups is 1. The van der Waals surface area contributed by atoms with Gasteiger partial charge in [-0.1, -0.05) is 66.7 Å². The molecule has 3 aromatic rings. The average molecular weight is 423 g/mol. The highest BCUT2D eigenvalue weighted by molar-refractivity contribution is 6.22. The molecule has 5 rings (SSSR count). The number of aliphatic hydroxyl groups excluding tert-OH is 1. The predicted molar refractivity (Wildman–Crippen MR) is 118 cm³/mol. The summed E-state index contributed by atoms with van der Waals surface area (Å²) in [7, 11) is 0. The van der Waals surface area contributed by atoms with Crippen LogP contribution in [-0.4, -0.2) is 15.8 Å².